The Morgan fingerprint density at radius 1 is 1.40 bits per heavy atom. The minimum absolute atomic E-state index is 0.625. The molecule has 0 saturated carbocycles. The second-order valence-electron chi connectivity index (χ2n) is 3.22. The van der Waals surface area contributed by atoms with Gasteiger partial charge in [-0.25, -0.2) is 4.98 Å². The van der Waals surface area contributed by atoms with Gasteiger partial charge in [0.1, 0.15) is 10.8 Å². The first-order valence-electron chi connectivity index (χ1n) is 4.64. The van der Waals surface area contributed by atoms with Gasteiger partial charge in [-0.1, -0.05) is 18.2 Å². The number of aromatic nitrogens is 1. The number of hydrogen-bond acceptors (Lipinski definition) is 4. The zero-order valence-electron chi connectivity index (χ0n) is 8.43. The maximum Gasteiger partial charge on any atom is 0.134 e. The molecule has 0 unspecified atom stereocenters. The molecule has 0 radical (unpaired) electrons. The van der Waals surface area contributed by atoms with Crippen LogP contribution in [-0.4, -0.2) is 4.98 Å². The minimum atomic E-state index is 0.625. The summed E-state index contributed by atoms with van der Waals surface area (Å²) in [6.45, 7) is 2.12. The summed E-state index contributed by atoms with van der Waals surface area (Å²) in [6, 6.07) is 8.38. The van der Waals surface area contributed by atoms with E-state index in [0.717, 1.165) is 10.8 Å². The summed E-state index contributed by atoms with van der Waals surface area (Å²) in [7, 11) is 0. The van der Waals surface area contributed by atoms with Gasteiger partial charge in [0, 0.05) is 10.3 Å². The van der Waals surface area contributed by atoms with Crippen LogP contribution in [-0.2, 0) is 5.75 Å². The molecule has 1 aromatic heterocycles. The molecule has 15 heavy (non-hydrogen) atoms. The van der Waals surface area contributed by atoms with E-state index in [2.05, 4.69) is 36.2 Å². The minimum Gasteiger partial charge on any atom is -0.383 e. The van der Waals surface area contributed by atoms with Crippen molar-refractivity contribution in [1.29, 1.82) is 0 Å². The van der Waals surface area contributed by atoms with Crippen molar-refractivity contribution >= 4 is 28.9 Å². The molecule has 2 rings (SSSR count). The van der Waals surface area contributed by atoms with Crippen molar-refractivity contribution < 1.29 is 0 Å². The van der Waals surface area contributed by atoms with E-state index in [0.29, 0.717) is 5.82 Å². The summed E-state index contributed by atoms with van der Waals surface area (Å²) in [5.41, 5.74) is 6.88. The Bertz CT molecular complexity index is 451. The largest absolute Gasteiger partial charge is 0.383 e. The lowest BCUT2D eigenvalue weighted by atomic mass is 10.2. The highest BCUT2D eigenvalue weighted by molar-refractivity contribution is 7.98. The summed E-state index contributed by atoms with van der Waals surface area (Å²) >= 11 is 3.42. The van der Waals surface area contributed by atoms with Crippen LogP contribution in [0, 0.1) is 6.92 Å². The standard InChI is InChI=1S/C11H12N2S2/c1-8-4-2-3-5-9(8)14-7-11-13-10(12)6-15-11/h2-6H,7,12H2,1H3. The number of aryl methyl sites for hydroxylation is 1. The van der Waals surface area contributed by atoms with E-state index in [1.807, 2.05) is 5.38 Å². The van der Waals surface area contributed by atoms with Crippen LogP contribution in [0.1, 0.15) is 10.6 Å². The second-order valence-corrected chi connectivity index (χ2v) is 5.18. The number of anilines is 1. The number of nitrogens with two attached hydrogens (primary N) is 1. The topological polar surface area (TPSA) is 38.9 Å². The molecule has 0 amide bonds. The molecule has 4 heteroatoms. The third-order valence-electron chi connectivity index (χ3n) is 2.01. The molecular formula is C11H12N2S2. The molecule has 2 N–H and O–H groups in total. The van der Waals surface area contributed by atoms with E-state index in [9.17, 15) is 0 Å². The van der Waals surface area contributed by atoms with Crippen LogP contribution in [0.4, 0.5) is 5.82 Å². The van der Waals surface area contributed by atoms with Gasteiger partial charge in [-0.2, -0.15) is 0 Å². The van der Waals surface area contributed by atoms with Crippen molar-refractivity contribution in [3.63, 3.8) is 0 Å². The van der Waals surface area contributed by atoms with E-state index in [-0.39, 0.29) is 0 Å². The fourth-order valence-electron chi connectivity index (χ4n) is 1.25. The third kappa shape index (κ3) is 2.73. The smallest absolute Gasteiger partial charge is 0.134 e. The Morgan fingerprint density at radius 2 is 2.20 bits per heavy atom. The highest BCUT2D eigenvalue weighted by atomic mass is 32.2. The molecule has 0 aliphatic heterocycles. The van der Waals surface area contributed by atoms with E-state index >= 15 is 0 Å². The maximum atomic E-state index is 5.57. The number of thioether (sulfide) groups is 1. The Hall–Kier alpha value is -1.00. The predicted molar refractivity (Wildman–Crippen MR) is 67.3 cm³/mol. The predicted octanol–water partition coefficient (Wildman–Crippen LogP) is 3.33. The van der Waals surface area contributed by atoms with Crippen LogP contribution in [0.3, 0.4) is 0 Å². The average Bonchev–Trinajstić information content (AvgIpc) is 2.63. The summed E-state index contributed by atoms with van der Waals surface area (Å²) in [4.78, 5) is 5.54. The lowest BCUT2D eigenvalue weighted by molar-refractivity contribution is 1.25. The summed E-state index contributed by atoms with van der Waals surface area (Å²) in [6.07, 6.45) is 0. The molecule has 0 aliphatic carbocycles. The maximum absolute atomic E-state index is 5.57. The normalized spacial score (nSPS) is 10.5. The van der Waals surface area contributed by atoms with Crippen molar-refractivity contribution in [2.45, 2.75) is 17.6 Å². The van der Waals surface area contributed by atoms with Crippen LogP contribution in [0.25, 0.3) is 0 Å². The zero-order valence-corrected chi connectivity index (χ0v) is 10.1. The van der Waals surface area contributed by atoms with Crippen LogP contribution < -0.4 is 5.73 Å². The number of nitrogen functional groups attached to an aromatic ring is 1. The molecule has 2 aromatic rings. The Balaban J connectivity index is 2.02. The first-order chi connectivity index (χ1) is 7.25. The molecule has 2 nitrogen and oxygen atoms in total. The van der Waals surface area contributed by atoms with Gasteiger partial charge in [-0.15, -0.1) is 23.1 Å². The van der Waals surface area contributed by atoms with Crippen molar-refractivity contribution in [3.8, 4) is 0 Å². The average molecular weight is 236 g/mol. The highest BCUT2D eigenvalue weighted by Gasteiger charge is 2.02. The van der Waals surface area contributed by atoms with Crippen LogP contribution in [0.15, 0.2) is 34.5 Å². The molecule has 78 valence electrons. The zero-order chi connectivity index (χ0) is 10.7. The Morgan fingerprint density at radius 3 is 2.87 bits per heavy atom. The molecule has 0 bridgehead atoms. The van der Waals surface area contributed by atoms with Gasteiger partial charge in [-0.3, -0.25) is 0 Å². The van der Waals surface area contributed by atoms with E-state index in [4.69, 9.17) is 5.73 Å². The van der Waals surface area contributed by atoms with Gasteiger partial charge in [0.2, 0.25) is 0 Å². The summed E-state index contributed by atoms with van der Waals surface area (Å²) in [5.74, 6) is 1.52. The van der Waals surface area contributed by atoms with Crippen LogP contribution >= 0.6 is 23.1 Å². The van der Waals surface area contributed by atoms with Crippen molar-refractivity contribution in [2.75, 3.05) is 5.73 Å². The van der Waals surface area contributed by atoms with Gasteiger partial charge >= 0.3 is 0 Å². The molecular weight excluding hydrogens is 224 g/mol. The molecule has 0 atom stereocenters. The lowest BCUT2D eigenvalue weighted by Crippen LogP contribution is -1.85. The highest BCUT2D eigenvalue weighted by Crippen LogP contribution is 2.27. The quantitative estimate of drug-likeness (QED) is 0.831. The lowest BCUT2D eigenvalue weighted by Gasteiger charge is -2.02. The van der Waals surface area contributed by atoms with Crippen LogP contribution in [0.5, 0.6) is 0 Å². The number of benzene rings is 1. The van der Waals surface area contributed by atoms with Gasteiger partial charge in [-0.05, 0) is 18.6 Å². The third-order valence-corrected chi connectivity index (χ3v) is 4.25. The van der Waals surface area contributed by atoms with Gasteiger partial charge in [0.15, 0.2) is 0 Å². The SMILES string of the molecule is Cc1ccccc1SCc1nc(N)cs1. The van der Waals surface area contributed by atoms with Crippen molar-refractivity contribution in [3.05, 3.63) is 40.2 Å². The van der Waals surface area contributed by atoms with Gasteiger partial charge in [0.05, 0.1) is 5.75 Å². The van der Waals surface area contributed by atoms with E-state index in [1.165, 1.54) is 10.5 Å². The van der Waals surface area contributed by atoms with Gasteiger partial charge < -0.3 is 5.73 Å². The summed E-state index contributed by atoms with van der Waals surface area (Å²) in [5, 5.41) is 2.97. The Labute approximate surface area is 97.5 Å². The van der Waals surface area contributed by atoms with Crippen molar-refractivity contribution in [1.82, 2.24) is 4.98 Å². The number of hydrogen-bond donors (Lipinski definition) is 1. The van der Waals surface area contributed by atoms with Crippen molar-refractivity contribution in [2.24, 2.45) is 0 Å². The first kappa shape index (κ1) is 10.5. The molecule has 0 saturated heterocycles. The van der Waals surface area contributed by atoms with E-state index in [1.54, 1.807) is 23.1 Å². The van der Waals surface area contributed by atoms with Gasteiger partial charge in [0.25, 0.3) is 0 Å². The Kier molecular flexibility index (Phi) is 3.28. The second kappa shape index (κ2) is 4.68. The molecule has 1 aromatic carbocycles. The molecule has 0 aliphatic rings. The number of rotatable bonds is 3. The monoisotopic (exact) mass is 236 g/mol. The first-order valence-corrected chi connectivity index (χ1v) is 6.50. The number of thiazole rings is 1. The van der Waals surface area contributed by atoms with Crippen LogP contribution in [0.2, 0.25) is 0 Å². The molecule has 0 fully saturated rings. The molecule has 0 spiro atoms. The van der Waals surface area contributed by atoms with E-state index < -0.39 is 0 Å². The fraction of sp³-hybridized carbons (Fsp3) is 0.182. The fourth-order valence-corrected chi connectivity index (χ4v) is 2.98. The summed E-state index contributed by atoms with van der Waals surface area (Å²) < 4.78 is 0. The number of nitrogens with zero attached hydrogens (tertiary/aromatic N) is 1. The molecule has 1 heterocycles.